The van der Waals surface area contributed by atoms with Gasteiger partial charge in [0.25, 0.3) is 0 Å². The minimum atomic E-state index is -0.946. The Bertz CT molecular complexity index is 571. The van der Waals surface area contributed by atoms with Crippen LogP contribution in [0.4, 0.5) is 5.82 Å². The number of rotatable bonds is 3. The first-order valence-electron chi connectivity index (χ1n) is 7.41. The minimum Gasteiger partial charge on any atom is -0.478 e. The number of aliphatic carboxylic acids is 1. The summed E-state index contributed by atoms with van der Waals surface area (Å²) in [6, 6.07) is 2.42. The summed E-state index contributed by atoms with van der Waals surface area (Å²) < 4.78 is 5.84. The molecule has 1 aliphatic carbocycles. The van der Waals surface area contributed by atoms with E-state index in [1.54, 1.807) is 12.3 Å². The van der Waals surface area contributed by atoms with Crippen LogP contribution in [0.1, 0.15) is 30.4 Å². The van der Waals surface area contributed by atoms with Crippen LogP contribution in [0.2, 0.25) is 0 Å². The number of carboxylic acids is 1. The predicted molar refractivity (Wildman–Crippen MR) is 80.4 cm³/mol. The first kappa shape index (κ1) is 14.1. The van der Waals surface area contributed by atoms with E-state index < -0.39 is 5.97 Å². The molecule has 5 heteroatoms. The zero-order valence-corrected chi connectivity index (χ0v) is 12.2. The number of fused-ring (bicyclic) bond motifs is 1. The van der Waals surface area contributed by atoms with Gasteiger partial charge in [-0.15, -0.1) is 0 Å². The van der Waals surface area contributed by atoms with E-state index in [0.717, 1.165) is 49.0 Å². The fourth-order valence-electron chi connectivity index (χ4n) is 3.34. The highest BCUT2D eigenvalue weighted by molar-refractivity contribution is 5.85. The Morgan fingerprint density at radius 2 is 2.38 bits per heavy atom. The zero-order valence-electron chi connectivity index (χ0n) is 12.2. The van der Waals surface area contributed by atoms with Crippen LogP contribution >= 0.6 is 0 Å². The van der Waals surface area contributed by atoms with E-state index in [0.29, 0.717) is 12.1 Å². The van der Waals surface area contributed by atoms with Crippen molar-refractivity contribution >= 4 is 17.9 Å². The smallest absolute Gasteiger partial charge is 0.328 e. The highest BCUT2D eigenvalue weighted by Gasteiger charge is 2.37. The number of carboxylic acid groups (broad SMARTS) is 1. The van der Waals surface area contributed by atoms with Gasteiger partial charge in [-0.1, -0.05) is 0 Å². The van der Waals surface area contributed by atoms with Crippen LogP contribution in [0, 0.1) is 6.92 Å². The zero-order chi connectivity index (χ0) is 14.8. The Balaban J connectivity index is 1.83. The lowest BCUT2D eigenvalue weighted by molar-refractivity contribution is -0.131. The molecule has 21 heavy (non-hydrogen) atoms. The van der Waals surface area contributed by atoms with Crippen molar-refractivity contribution < 1.29 is 14.6 Å². The second-order valence-corrected chi connectivity index (χ2v) is 5.68. The van der Waals surface area contributed by atoms with Crippen LogP contribution in [0.3, 0.4) is 0 Å². The Hall–Kier alpha value is -1.88. The monoisotopic (exact) mass is 288 g/mol. The third-order valence-corrected chi connectivity index (χ3v) is 4.24. The fraction of sp³-hybridized carbons (Fsp3) is 0.500. The van der Waals surface area contributed by atoms with Crippen molar-refractivity contribution in [2.75, 3.05) is 18.1 Å². The van der Waals surface area contributed by atoms with Crippen LogP contribution in [0.25, 0.3) is 6.08 Å². The van der Waals surface area contributed by atoms with E-state index in [1.165, 1.54) is 6.42 Å². The molecule has 0 amide bonds. The molecule has 1 saturated carbocycles. The molecule has 3 rings (SSSR count). The Kier molecular flexibility index (Phi) is 3.92. The van der Waals surface area contributed by atoms with Crippen LogP contribution in [0.15, 0.2) is 18.3 Å². The normalized spacial score (nSPS) is 25.3. The number of nitrogens with zero attached hydrogens (tertiary/aromatic N) is 2. The molecule has 0 aromatic carbocycles. The largest absolute Gasteiger partial charge is 0.478 e. The van der Waals surface area contributed by atoms with E-state index in [4.69, 9.17) is 9.84 Å². The van der Waals surface area contributed by atoms with Gasteiger partial charge < -0.3 is 14.7 Å². The summed E-state index contributed by atoms with van der Waals surface area (Å²) in [6.07, 6.45) is 8.30. The number of morpholine rings is 1. The number of aryl methyl sites for hydroxylation is 1. The maximum atomic E-state index is 10.6. The summed E-state index contributed by atoms with van der Waals surface area (Å²) >= 11 is 0. The number of hydrogen-bond donors (Lipinski definition) is 1. The van der Waals surface area contributed by atoms with Crippen molar-refractivity contribution in [1.29, 1.82) is 0 Å². The lowest BCUT2D eigenvalue weighted by Crippen LogP contribution is -2.49. The van der Waals surface area contributed by atoms with Crippen molar-refractivity contribution in [3.8, 4) is 0 Å². The molecular weight excluding hydrogens is 268 g/mol. The van der Waals surface area contributed by atoms with Crippen molar-refractivity contribution in [2.45, 2.75) is 38.3 Å². The molecule has 0 radical (unpaired) electrons. The molecule has 0 spiro atoms. The van der Waals surface area contributed by atoms with Crippen LogP contribution < -0.4 is 4.90 Å². The molecule has 2 heterocycles. The van der Waals surface area contributed by atoms with Crippen molar-refractivity contribution in [3.63, 3.8) is 0 Å². The third-order valence-electron chi connectivity index (χ3n) is 4.24. The highest BCUT2D eigenvalue weighted by atomic mass is 16.5. The number of aromatic nitrogens is 1. The lowest BCUT2D eigenvalue weighted by Gasteiger charge is -2.39. The molecule has 2 aliphatic rings. The standard InChI is InChI=1S/C16H20N2O3/c1-11-9-12(5-6-15(19)20)10-17-16(11)18-7-8-21-14-4-2-3-13(14)18/h5-6,9-10,13-14H,2-4,7-8H2,1H3,(H,19,20)/b6-5+. The Morgan fingerprint density at radius 3 is 3.14 bits per heavy atom. The lowest BCUT2D eigenvalue weighted by atomic mass is 10.1. The number of carbonyl (C=O) groups is 1. The second kappa shape index (κ2) is 5.85. The van der Waals surface area contributed by atoms with Crippen LogP contribution in [-0.2, 0) is 9.53 Å². The minimum absolute atomic E-state index is 0.339. The van der Waals surface area contributed by atoms with Gasteiger partial charge in [-0.3, -0.25) is 0 Å². The molecule has 0 bridgehead atoms. The van der Waals surface area contributed by atoms with E-state index in [1.807, 2.05) is 13.0 Å². The highest BCUT2D eigenvalue weighted by Crippen LogP contribution is 2.33. The van der Waals surface area contributed by atoms with Gasteiger partial charge in [0.2, 0.25) is 0 Å². The average Bonchev–Trinajstić information content (AvgIpc) is 2.94. The molecular formula is C16H20N2O3. The van der Waals surface area contributed by atoms with Crippen molar-refractivity contribution in [2.24, 2.45) is 0 Å². The maximum absolute atomic E-state index is 10.6. The summed E-state index contributed by atoms with van der Waals surface area (Å²) in [5.74, 6) is 0.0568. The Morgan fingerprint density at radius 1 is 1.52 bits per heavy atom. The summed E-state index contributed by atoms with van der Waals surface area (Å²) in [5.41, 5.74) is 1.89. The first-order valence-corrected chi connectivity index (χ1v) is 7.41. The molecule has 112 valence electrons. The summed E-state index contributed by atoms with van der Waals surface area (Å²) in [6.45, 7) is 3.65. The van der Waals surface area contributed by atoms with E-state index >= 15 is 0 Å². The van der Waals surface area contributed by atoms with Gasteiger partial charge in [0, 0.05) is 18.8 Å². The predicted octanol–water partition coefficient (Wildman–Crippen LogP) is 2.25. The molecule has 1 aromatic rings. The van der Waals surface area contributed by atoms with Gasteiger partial charge in [0.1, 0.15) is 5.82 Å². The van der Waals surface area contributed by atoms with E-state index in [2.05, 4.69) is 9.88 Å². The number of anilines is 1. The van der Waals surface area contributed by atoms with Gasteiger partial charge >= 0.3 is 5.97 Å². The molecule has 1 saturated heterocycles. The molecule has 1 aromatic heterocycles. The van der Waals surface area contributed by atoms with E-state index in [9.17, 15) is 4.79 Å². The summed E-state index contributed by atoms with van der Waals surface area (Å²) in [5, 5.41) is 8.68. The van der Waals surface area contributed by atoms with Crippen LogP contribution in [0.5, 0.6) is 0 Å². The van der Waals surface area contributed by atoms with Gasteiger partial charge in [0.15, 0.2) is 0 Å². The van der Waals surface area contributed by atoms with Gasteiger partial charge in [-0.05, 0) is 49.5 Å². The van der Waals surface area contributed by atoms with Gasteiger partial charge in [0.05, 0.1) is 18.8 Å². The third kappa shape index (κ3) is 2.93. The molecule has 5 nitrogen and oxygen atoms in total. The van der Waals surface area contributed by atoms with E-state index in [-0.39, 0.29) is 0 Å². The number of pyridine rings is 1. The average molecular weight is 288 g/mol. The van der Waals surface area contributed by atoms with Crippen LogP contribution in [-0.4, -0.2) is 41.4 Å². The van der Waals surface area contributed by atoms with Gasteiger partial charge in [-0.2, -0.15) is 0 Å². The summed E-state index contributed by atoms with van der Waals surface area (Å²) in [7, 11) is 0. The van der Waals surface area contributed by atoms with Gasteiger partial charge in [-0.25, -0.2) is 9.78 Å². The first-order chi connectivity index (χ1) is 10.1. The molecule has 1 N–H and O–H groups in total. The molecule has 2 fully saturated rings. The molecule has 2 atom stereocenters. The molecule has 2 unspecified atom stereocenters. The maximum Gasteiger partial charge on any atom is 0.328 e. The number of ether oxygens (including phenoxy) is 1. The Labute approximate surface area is 124 Å². The second-order valence-electron chi connectivity index (χ2n) is 5.68. The summed E-state index contributed by atoms with van der Waals surface area (Å²) in [4.78, 5) is 17.5. The quantitative estimate of drug-likeness (QED) is 0.864. The number of hydrogen-bond acceptors (Lipinski definition) is 4. The molecule has 1 aliphatic heterocycles. The SMILES string of the molecule is Cc1cc(/C=C/C(=O)O)cnc1N1CCOC2CCCC21. The topological polar surface area (TPSA) is 62.7 Å². The van der Waals surface area contributed by atoms with Crippen molar-refractivity contribution in [3.05, 3.63) is 29.5 Å². The fourth-order valence-corrected chi connectivity index (χ4v) is 3.34. The van der Waals surface area contributed by atoms with Crippen molar-refractivity contribution in [1.82, 2.24) is 4.98 Å².